The van der Waals surface area contributed by atoms with Gasteiger partial charge in [0.25, 0.3) is 0 Å². The monoisotopic (exact) mass is 342 g/mol. The van der Waals surface area contributed by atoms with E-state index in [1.165, 1.54) is 12.1 Å². The molecule has 1 amide bonds. The molecule has 3 N–H and O–H groups in total. The number of hydrogen-bond acceptors (Lipinski definition) is 2. The molecule has 0 aromatic heterocycles. The van der Waals surface area contributed by atoms with Crippen molar-refractivity contribution in [1.82, 2.24) is 5.32 Å². The van der Waals surface area contributed by atoms with E-state index in [1.807, 2.05) is 6.92 Å². The first-order chi connectivity index (χ1) is 8.86. The molecule has 1 aromatic carbocycles. The van der Waals surface area contributed by atoms with E-state index in [4.69, 9.17) is 28.9 Å². The quantitative estimate of drug-likeness (QED) is 0.798. The van der Waals surface area contributed by atoms with Crippen molar-refractivity contribution in [3.05, 3.63) is 33.6 Å². The zero-order valence-corrected chi connectivity index (χ0v) is 13.6. The Morgan fingerprint density at radius 3 is 2.55 bits per heavy atom. The lowest BCUT2D eigenvalue weighted by Crippen LogP contribution is -2.41. The molecule has 0 saturated carbocycles. The van der Waals surface area contributed by atoms with Crippen LogP contribution in [0.25, 0.3) is 0 Å². The van der Waals surface area contributed by atoms with Crippen LogP contribution in [0.5, 0.6) is 0 Å². The fraction of sp³-hybridized carbons (Fsp3) is 0.462. The van der Waals surface area contributed by atoms with Crippen LogP contribution in [-0.2, 0) is 4.79 Å². The summed E-state index contributed by atoms with van der Waals surface area (Å²) in [4.78, 5) is 11.8. The fourth-order valence-corrected chi connectivity index (χ4v) is 2.26. The van der Waals surface area contributed by atoms with Crippen LogP contribution in [0.2, 0.25) is 10.0 Å². The SMILES string of the molecule is CCCC(N)C(=O)NC(C)c1cc(F)c(Cl)cc1Cl.Cl. The first-order valence-corrected chi connectivity index (χ1v) is 6.82. The van der Waals surface area contributed by atoms with Crippen molar-refractivity contribution in [2.24, 2.45) is 5.73 Å². The molecule has 0 radical (unpaired) electrons. The molecule has 0 heterocycles. The number of rotatable bonds is 5. The smallest absolute Gasteiger partial charge is 0.237 e. The Labute approximate surface area is 134 Å². The standard InChI is InChI=1S/C13H17Cl2FN2O.ClH/c1-3-4-12(17)13(19)18-7(2)8-5-11(16)10(15)6-9(8)14;/h5-7,12H,3-4,17H2,1-2H3,(H,18,19);1H. The first-order valence-electron chi connectivity index (χ1n) is 6.07. The number of carbonyl (C=O) groups is 1. The lowest BCUT2D eigenvalue weighted by atomic mass is 10.1. The normalized spacial score (nSPS) is 13.3. The summed E-state index contributed by atoms with van der Waals surface area (Å²) in [6.07, 6.45) is 1.42. The van der Waals surface area contributed by atoms with Gasteiger partial charge in [-0.1, -0.05) is 36.5 Å². The van der Waals surface area contributed by atoms with Crippen LogP contribution in [-0.4, -0.2) is 11.9 Å². The molecule has 20 heavy (non-hydrogen) atoms. The first kappa shape index (κ1) is 19.4. The van der Waals surface area contributed by atoms with E-state index >= 15 is 0 Å². The van der Waals surface area contributed by atoms with Crippen LogP contribution in [0.3, 0.4) is 0 Å². The Hall–Kier alpha value is -0.550. The number of nitrogens with two attached hydrogens (primary N) is 1. The maximum absolute atomic E-state index is 13.4. The van der Waals surface area contributed by atoms with Crippen molar-refractivity contribution in [2.75, 3.05) is 0 Å². The van der Waals surface area contributed by atoms with Gasteiger partial charge in [-0.2, -0.15) is 0 Å². The van der Waals surface area contributed by atoms with E-state index in [1.54, 1.807) is 6.92 Å². The second-order valence-corrected chi connectivity index (χ2v) is 5.23. The van der Waals surface area contributed by atoms with E-state index in [9.17, 15) is 9.18 Å². The minimum atomic E-state index is -0.569. The van der Waals surface area contributed by atoms with E-state index in [0.29, 0.717) is 17.0 Å². The third-order valence-electron chi connectivity index (χ3n) is 2.80. The minimum Gasteiger partial charge on any atom is -0.348 e. The third kappa shape index (κ3) is 5.09. The Morgan fingerprint density at radius 1 is 1.40 bits per heavy atom. The molecule has 1 aromatic rings. The van der Waals surface area contributed by atoms with Crippen molar-refractivity contribution in [2.45, 2.75) is 38.8 Å². The van der Waals surface area contributed by atoms with Gasteiger partial charge in [-0.05, 0) is 31.0 Å². The molecule has 1 rings (SSSR count). The van der Waals surface area contributed by atoms with Crippen molar-refractivity contribution >= 4 is 41.5 Å². The number of carbonyl (C=O) groups excluding carboxylic acids is 1. The van der Waals surface area contributed by atoms with E-state index in [0.717, 1.165) is 6.42 Å². The van der Waals surface area contributed by atoms with Crippen molar-refractivity contribution in [3.63, 3.8) is 0 Å². The lowest BCUT2D eigenvalue weighted by molar-refractivity contribution is -0.123. The lowest BCUT2D eigenvalue weighted by Gasteiger charge is -2.19. The van der Waals surface area contributed by atoms with Crippen LogP contribution >= 0.6 is 35.6 Å². The van der Waals surface area contributed by atoms with E-state index in [-0.39, 0.29) is 23.3 Å². The summed E-state index contributed by atoms with van der Waals surface area (Å²) in [5, 5.41) is 2.97. The molecule has 0 fully saturated rings. The van der Waals surface area contributed by atoms with Crippen molar-refractivity contribution < 1.29 is 9.18 Å². The summed E-state index contributed by atoms with van der Waals surface area (Å²) in [6, 6.07) is 1.54. The minimum absolute atomic E-state index is 0. The summed E-state index contributed by atoms with van der Waals surface area (Å²) in [5.74, 6) is -0.846. The number of halogens is 4. The second kappa shape index (κ2) is 8.67. The van der Waals surface area contributed by atoms with Gasteiger partial charge in [-0.3, -0.25) is 4.79 Å². The molecule has 0 saturated heterocycles. The van der Waals surface area contributed by atoms with Crippen LogP contribution in [0, 0.1) is 5.82 Å². The Morgan fingerprint density at radius 2 is 2.00 bits per heavy atom. The Balaban J connectivity index is 0.00000361. The molecule has 2 atom stereocenters. The Kier molecular flexibility index (Phi) is 8.44. The van der Waals surface area contributed by atoms with Gasteiger partial charge in [-0.15, -0.1) is 12.4 Å². The van der Waals surface area contributed by atoms with Gasteiger partial charge in [0.1, 0.15) is 5.82 Å². The maximum atomic E-state index is 13.4. The van der Waals surface area contributed by atoms with E-state index < -0.39 is 17.9 Å². The molecule has 114 valence electrons. The van der Waals surface area contributed by atoms with Gasteiger partial charge in [0, 0.05) is 5.02 Å². The van der Waals surface area contributed by atoms with Gasteiger partial charge in [0.2, 0.25) is 5.91 Å². The summed E-state index contributed by atoms with van der Waals surface area (Å²) < 4.78 is 13.4. The second-order valence-electron chi connectivity index (χ2n) is 4.41. The number of benzene rings is 1. The van der Waals surface area contributed by atoms with Crippen LogP contribution < -0.4 is 11.1 Å². The zero-order valence-electron chi connectivity index (χ0n) is 11.3. The molecular weight excluding hydrogens is 326 g/mol. The van der Waals surface area contributed by atoms with Gasteiger partial charge < -0.3 is 11.1 Å². The highest BCUT2D eigenvalue weighted by molar-refractivity contribution is 6.35. The number of hydrogen-bond donors (Lipinski definition) is 2. The molecule has 0 aliphatic heterocycles. The van der Waals surface area contributed by atoms with Crippen LogP contribution in [0.4, 0.5) is 4.39 Å². The summed E-state index contributed by atoms with van der Waals surface area (Å²) in [7, 11) is 0. The molecule has 0 aliphatic rings. The highest BCUT2D eigenvalue weighted by atomic mass is 35.5. The Bertz CT molecular complexity index is 471. The maximum Gasteiger partial charge on any atom is 0.237 e. The van der Waals surface area contributed by atoms with E-state index in [2.05, 4.69) is 5.32 Å². The summed E-state index contributed by atoms with van der Waals surface area (Å²) in [5.41, 5.74) is 6.18. The highest BCUT2D eigenvalue weighted by Crippen LogP contribution is 2.28. The molecule has 7 heteroatoms. The highest BCUT2D eigenvalue weighted by Gasteiger charge is 2.18. The zero-order chi connectivity index (χ0) is 14.6. The van der Waals surface area contributed by atoms with Crippen molar-refractivity contribution in [3.8, 4) is 0 Å². The molecule has 2 unspecified atom stereocenters. The molecular formula is C13H18Cl3FN2O. The van der Waals surface area contributed by atoms with Gasteiger partial charge in [-0.25, -0.2) is 4.39 Å². The number of nitrogens with one attached hydrogen (secondary N) is 1. The molecule has 3 nitrogen and oxygen atoms in total. The van der Waals surface area contributed by atoms with Gasteiger partial charge in [0.15, 0.2) is 0 Å². The third-order valence-corrected chi connectivity index (χ3v) is 3.42. The van der Waals surface area contributed by atoms with Crippen LogP contribution in [0.1, 0.15) is 38.3 Å². The topological polar surface area (TPSA) is 55.1 Å². The molecule has 0 aliphatic carbocycles. The largest absolute Gasteiger partial charge is 0.348 e. The summed E-state index contributed by atoms with van der Waals surface area (Å²) in [6.45, 7) is 3.66. The average molecular weight is 344 g/mol. The van der Waals surface area contributed by atoms with Crippen LogP contribution in [0.15, 0.2) is 12.1 Å². The summed E-state index contributed by atoms with van der Waals surface area (Å²) >= 11 is 11.6. The molecule has 0 spiro atoms. The van der Waals surface area contributed by atoms with Gasteiger partial charge >= 0.3 is 0 Å². The number of amides is 1. The average Bonchev–Trinajstić information content (AvgIpc) is 2.33. The predicted octanol–water partition coefficient (Wildman–Crippen LogP) is 3.86. The molecule has 0 bridgehead atoms. The predicted molar refractivity (Wildman–Crippen MR) is 83.1 cm³/mol. The van der Waals surface area contributed by atoms with Gasteiger partial charge in [0.05, 0.1) is 17.1 Å². The van der Waals surface area contributed by atoms with Crippen molar-refractivity contribution in [1.29, 1.82) is 0 Å². The fourth-order valence-electron chi connectivity index (χ4n) is 1.71.